The molecule has 0 saturated carbocycles. The summed E-state index contributed by atoms with van der Waals surface area (Å²) in [7, 11) is 0. The second-order valence-corrected chi connectivity index (χ2v) is 5.19. The average molecular weight is 316 g/mol. The fraction of sp³-hybridized carbons (Fsp3) is 0.533. The van der Waals surface area contributed by atoms with Gasteiger partial charge in [-0.15, -0.1) is 0 Å². The summed E-state index contributed by atoms with van der Waals surface area (Å²) in [5.41, 5.74) is 0. The molecule has 2 amide bonds. The van der Waals surface area contributed by atoms with Crippen molar-refractivity contribution in [1.29, 1.82) is 0 Å². The van der Waals surface area contributed by atoms with E-state index in [1.807, 2.05) is 13.8 Å². The zero-order chi connectivity index (χ0) is 16.5. The van der Waals surface area contributed by atoms with Crippen molar-refractivity contribution in [3.05, 3.63) is 29.8 Å². The zero-order valence-corrected chi connectivity index (χ0v) is 12.7. The van der Waals surface area contributed by atoms with Gasteiger partial charge < -0.3 is 20.5 Å². The van der Waals surface area contributed by atoms with Gasteiger partial charge in [0.25, 0.3) is 0 Å². The largest absolute Gasteiger partial charge is 0.489 e. The fourth-order valence-corrected chi connectivity index (χ4v) is 1.85. The Kier molecular flexibility index (Phi) is 7.59. The van der Waals surface area contributed by atoms with Crippen LogP contribution in [0.1, 0.15) is 20.3 Å². The maximum Gasteiger partial charge on any atom is 0.315 e. The van der Waals surface area contributed by atoms with Gasteiger partial charge >= 0.3 is 6.03 Å². The molecule has 22 heavy (non-hydrogen) atoms. The molecular weight excluding hydrogens is 294 g/mol. The highest BCUT2D eigenvalue weighted by Crippen LogP contribution is 2.17. The first-order chi connectivity index (χ1) is 10.4. The van der Waals surface area contributed by atoms with E-state index in [-0.39, 0.29) is 43.5 Å². The first-order valence-corrected chi connectivity index (χ1v) is 7.17. The second-order valence-electron chi connectivity index (χ2n) is 5.19. The van der Waals surface area contributed by atoms with Gasteiger partial charge in [0.15, 0.2) is 11.6 Å². The van der Waals surface area contributed by atoms with Gasteiger partial charge in [0, 0.05) is 18.7 Å². The van der Waals surface area contributed by atoms with E-state index in [0.29, 0.717) is 6.42 Å². The Balaban J connectivity index is 2.30. The molecule has 5 nitrogen and oxygen atoms in total. The molecule has 0 aliphatic heterocycles. The number of benzene rings is 1. The summed E-state index contributed by atoms with van der Waals surface area (Å²) in [5.74, 6) is -1.33. The van der Waals surface area contributed by atoms with Crippen molar-refractivity contribution < 1.29 is 23.4 Å². The normalized spacial score (nSPS) is 12.1. The molecule has 0 aromatic heterocycles. The summed E-state index contributed by atoms with van der Waals surface area (Å²) in [5, 5.41) is 14.3. The van der Waals surface area contributed by atoms with Gasteiger partial charge in [-0.3, -0.25) is 0 Å². The summed E-state index contributed by atoms with van der Waals surface area (Å²) in [4.78, 5) is 11.7. The number of carbonyl (C=O) groups excluding carboxylic acids is 1. The number of urea groups is 1. The van der Waals surface area contributed by atoms with Gasteiger partial charge in [0.05, 0.1) is 6.54 Å². The molecule has 0 aliphatic rings. The lowest BCUT2D eigenvalue weighted by Crippen LogP contribution is -2.45. The minimum absolute atomic E-state index is 0.00389. The smallest absolute Gasteiger partial charge is 0.315 e. The number of hydrogen-bond donors (Lipinski definition) is 3. The minimum atomic E-state index is -0.785. The van der Waals surface area contributed by atoms with E-state index < -0.39 is 11.6 Å². The third kappa shape index (κ3) is 6.26. The standard InChI is InChI=1S/C15H22F2N2O3/c1-10(2)13(5-7-20)19-15(21)18-6-8-22-14-4-3-11(16)9-12(14)17/h3-4,9-10,13,20H,5-8H2,1-2H3,(H2,18,19,21). The summed E-state index contributed by atoms with van der Waals surface area (Å²) in [6.45, 7) is 4.12. The molecule has 0 saturated heterocycles. The molecule has 7 heteroatoms. The van der Waals surface area contributed by atoms with E-state index in [2.05, 4.69) is 10.6 Å². The van der Waals surface area contributed by atoms with Gasteiger partial charge in [-0.25, -0.2) is 13.6 Å². The fourth-order valence-electron chi connectivity index (χ4n) is 1.85. The molecule has 1 aromatic carbocycles. The Morgan fingerprint density at radius 3 is 2.68 bits per heavy atom. The van der Waals surface area contributed by atoms with Crippen LogP contribution in [-0.2, 0) is 0 Å². The average Bonchev–Trinajstić information content (AvgIpc) is 2.44. The molecule has 1 atom stereocenters. The number of halogens is 2. The number of aliphatic hydroxyl groups is 1. The van der Waals surface area contributed by atoms with Crippen LogP contribution in [0.2, 0.25) is 0 Å². The van der Waals surface area contributed by atoms with Crippen molar-refractivity contribution >= 4 is 6.03 Å². The maximum absolute atomic E-state index is 13.3. The first-order valence-electron chi connectivity index (χ1n) is 7.17. The Morgan fingerprint density at radius 1 is 1.36 bits per heavy atom. The van der Waals surface area contributed by atoms with Crippen LogP contribution in [0.4, 0.5) is 13.6 Å². The van der Waals surface area contributed by atoms with Gasteiger partial charge in [0.2, 0.25) is 0 Å². The van der Waals surface area contributed by atoms with E-state index in [9.17, 15) is 13.6 Å². The van der Waals surface area contributed by atoms with Crippen molar-refractivity contribution in [2.75, 3.05) is 19.8 Å². The monoisotopic (exact) mass is 316 g/mol. The number of hydrogen-bond acceptors (Lipinski definition) is 3. The molecule has 0 fully saturated rings. The molecule has 0 aliphatic carbocycles. The molecule has 1 unspecified atom stereocenters. The molecule has 0 spiro atoms. The predicted molar refractivity (Wildman–Crippen MR) is 78.7 cm³/mol. The summed E-state index contributed by atoms with van der Waals surface area (Å²) in [6.07, 6.45) is 0.475. The summed E-state index contributed by atoms with van der Waals surface area (Å²) in [6, 6.07) is 2.52. The van der Waals surface area contributed by atoms with Crippen LogP contribution in [0, 0.1) is 17.6 Å². The highest BCUT2D eigenvalue weighted by Gasteiger charge is 2.15. The molecule has 3 N–H and O–H groups in total. The SMILES string of the molecule is CC(C)C(CCO)NC(=O)NCCOc1ccc(F)cc1F. The third-order valence-electron chi connectivity index (χ3n) is 3.10. The van der Waals surface area contributed by atoms with Crippen LogP contribution in [0.3, 0.4) is 0 Å². The molecule has 1 rings (SSSR count). The number of rotatable bonds is 8. The van der Waals surface area contributed by atoms with Gasteiger partial charge in [-0.05, 0) is 24.5 Å². The summed E-state index contributed by atoms with van der Waals surface area (Å²) >= 11 is 0. The number of nitrogens with one attached hydrogen (secondary N) is 2. The van der Waals surface area contributed by atoms with Crippen molar-refractivity contribution in [1.82, 2.24) is 10.6 Å². The Hall–Kier alpha value is -1.89. The van der Waals surface area contributed by atoms with E-state index in [4.69, 9.17) is 9.84 Å². The van der Waals surface area contributed by atoms with Crippen LogP contribution < -0.4 is 15.4 Å². The second kappa shape index (κ2) is 9.19. The minimum Gasteiger partial charge on any atom is -0.489 e. The first kappa shape index (κ1) is 18.2. The Labute approximate surface area is 128 Å². The van der Waals surface area contributed by atoms with E-state index in [1.54, 1.807) is 0 Å². The lowest BCUT2D eigenvalue weighted by atomic mass is 10.0. The zero-order valence-electron chi connectivity index (χ0n) is 12.7. The highest BCUT2D eigenvalue weighted by molar-refractivity contribution is 5.74. The predicted octanol–water partition coefficient (Wildman–Crippen LogP) is 2.05. The molecule has 0 radical (unpaired) electrons. The highest BCUT2D eigenvalue weighted by atomic mass is 19.1. The quantitative estimate of drug-likeness (QED) is 0.643. The molecule has 0 bridgehead atoms. The van der Waals surface area contributed by atoms with Crippen LogP contribution in [0.25, 0.3) is 0 Å². The molecule has 124 valence electrons. The van der Waals surface area contributed by atoms with Crippen molar-refractivity contribution in [3.63, 3.8) is 0 Å². The Bertz CT molecular complexity index is 484. The van der Waals surface area contributed by atoms with Gasteiger partial charge in [-0.1, -0.05) is 13.8 Å². The van der Waals surface area contributed by atoms with Crippen LogP contribution in [0.5, 0.6) is 5.75 Å². The van der Waals surface area contributed by atoms with E-state index >= 15 is 0 Å². The third-order valence-corrected chi connectivity index (χ3v) is 3.10. The molecule has 1 aromatic rings. The lowest BCUT2D eigenvalue weighted by molar-refractivity contribution is 0.216. The van der Waals surface area contributed by atoms with Crippen LogP contribution in [0.15, 0.2) is 18.2 Å². The van der Waals surface area contributed by atoms with Gasteiger partial charge in [-0.2, -0.15) is 0 Å². The lowest BCUT2D eigenvalue weighted by Gasteiger charge is -2.21. The van der Waals surface area contributed by atoms with Gasteiger partial charge in [0.1, 0.15) is 12.4 Å². The number of ether oxygens (including phenoxy) is 1. The van der Waals surface area contributed by atoms with Crippen LogP contribution in [-0.4, -0.2) is 36.9 Å². The van der Waals surface area contributed by atoms with Crippen LogP contribution >= 0.6 is 0 Å². The number of amides is 2. The van der Waals surface area contributed by atoms with Crippen molar-refractivity contribution in [2.45, 2.75) is 26.3 Å². The number of aliphatic hydroxyl groups excluding tert-OH is 1. The van der Waals surface area contributed by atoms with Crippen molar-refractivity contribution in [2.24, 2.45) is 5.92 Å². The summed E-state index contributed by atoms with van der Waals surface area (Å²) < 4.78 is 31.1. The Morgan fingerprint density at radius 2 is 2.09 bits per heavy atom. The molecular formula is C15H22F2N2O3. The topological polar surface area (TPSA) is 70.6 Å². The van der Waals surface area contributed by atoms with E-state index in [0.717, 1.165) is 12.1 Å². The van der Waals surface area contributed by atoms with E-state index in [1.165, 1.54) is 6.07 Å². The number of carbonyl (C=O) groups is 1. The maximum atomic E-state index is 13.3. The van der Waals surface area contributed by atoms with Crippen molar-refractivity contribution in [3.8, 4) is 5.75 Å². The molecule has 0 heterocycles.